The monoisotopic (exact) mass is 376 g/mol. The van der Waals surface area contributed by atoms with Gasteiger partial charge in [-0.3, -0.25) is 14.4 Å². The Balaban J connectivity index is 1.71. The number of carbonyl (C=O) groups excluding carboxylic acids is 3. The number of nitrogens with zero attached hydrogens (tertiary/aromatic N) is 1. The van der Waals surface area contributed by atoms with E-state index in [1.807, 2.05) is 17.0 Å². The third-order valence-electron chi connectivity index (χ3n) is 4.65. The van der Waals surface area contributed by atoms with Crippen LogP contribution in [-0.2, 0) is 9.59 Å². The predicted octanol–water partition coefficient (Wildman–Crippen LogP) is 1.19. The van der Waals surface area contributed by atoms with Gasteiger partial charge in [0.1, 0.15) is 0 Å². The van der Waals surface area contributed by atoms with Gasteiger partial charge in [0.15, 0.2) is 0 Å². The number of rotatable bonds is 5. The van der Waals surface area contributed by atoms with Gasteiger partial charge in [-0.15, -0.1) is 11.8 Å². The number of piperidine rings is 1. The summed E-state index contributed by atoms with van der Waals surface area (Å²) >= 11 is 1.47. The summed E-state index contributed by atoms with van der Waals surface area (Å²) in [4.78, 5) is 39.1. The van der Waals surface area contributed by atoms with Crippen LogP contribution in [0.2, 0.25) is 0 Å². The first-order valence-electron chi connectivity index (χ1n) is 8.93. The number of carbonyl (C=O) groups is 3. The average molecular weight is 376 g/mol. The SMILES string of the molecule is NCCC(=O)NCC1CCCCN1C(=O)c1ccc2c(c1)NC(=O)CS2. The number of fused-ring (bicyclic) bond motifs is 1. The number of benzene rings is 1. The van der Waals surface area contributed by atoms with Crippen molar-refractivity contribution in [3.8, 4) is 0 Å². The summed E-state index contributed by atoms with van der Waals surface area (Å²) in [5.74, 6) is 0.205. The molecule has 3 amide bonds. The third-order valence-corrected chi connectivity index (χ3v) is 5.73. The van der Waals surface area contributed by atoms with Crippen LogP contribution in [0.4, 0.5) is 5.69 Å². The molecule has 1 aromatic carbocycles. The maximum atomic E-state index is 13.0. The van der Waals surface area contributed by atoms with E-state index in [2.05, 4.69) is 10.6 Å². The molecule has 1 fully saturated rings. The number of hydrogen-bond acceptors (Lipinski definition) is 5. The number of likely N-dealkylation sites (tertiary alicyclic amines) is 1. The summed E-state index contributed by atoms with van der Waals surface area (Å²) in [5.41, 5.74) is 6.66. The normalized spacial score (nSPS) is 19.5. The van der Waals surface area contributed by atoms with Crippen LogP contribution in [0.3, 0.4) is 0 Å². The van der Waals surface area contributed by atoms with Crippen LogP contribution in [0.1, 0.15) is 36.0 Å². The highest BCUT2D eigenvalue weighted by molar-refractivity contribution is 8.00. The zero-order chi connectivity index (χ0) is 18.5. The van der Waals surface area contributed by atoms with Crippen molar-refractivity contribution in [1.82, 2.24) is 10.2 Å². The summed E-state index contributed by atoms with van der Waals surface area (Å²) in [5, 5.41) is 5.70. The first kappa shape index (κ1) is 18.7. The van der Waals surface area contributed by atoms with Gasteiger partial charge in [0.05, 0.1) is 11.4 Å². The summed E-state index contributed by atoms with van der Waals surface area (Å²) in [6, 6.07) is 5.43. The summed E-state index contributed by atoms with van der Waals surface area (Å²) in [6.45, 7) is 1.44. The molecule has 140 valence electrons. The van der Waals surface area contributed by atoms with Crippen molar-refractivity contribution in [2.45, 2.75) is 36.6 Å². The van der Waals surface area contributed by atoms with Crippen LogP contribution < -0.4 is 16.4 Å². The third kappa shape index (κ3) is 4.37. The fourth-order valence-electron chi connectivity index (χ4n) is 3.31. The van der Waals surface area contributed by atoms with Crippen LogP contribution in [0.5, 0.6) is 0 Å². The van der Waals surface area contributed by atoms with Crippen LogP contribution >= 0.6 is 11.8 Å². The summed E-state index contributed by atoms with van der Waals surface area (Å²) < 4.78 is 0. The van der Waals surface area contributed by atoms with Gasteiger partial charge in [0.2, 0.25) is 11.8 Å². The molecular formula is C18H24N4O3S. The number of anilines is 1. The van der Waals surface area contributed by atoms with Gasteiger partial charge in [-0.05, 0) is 37.5 Å². The fraction of sp³-hybridized carbons (Fsp3) is 0.500. The van der Waals surface area contributed by atoms with Gasteiger partial charge < -0.3 is 21.3 Å². The highest BCUT2D eigenvalue weighted by Crippen LogP contribution is 2.32. The number of hydrogen-bond donors (Lipinski definition) is 3. The average Bonchev–Trinajstić information content (AvgIpc) is 2.65. The van der Waals surface area contributed by atoms with E-state index >= 15 is 0 Å². The molecule has 7 nitrogen and oxygen atoms in total. The Bertz CT molecular complexity index is 710. The molecule has 0 aromatic heterocycles. The van der Waals surface area contributed by atoms with Crippen molar-refractivity contribution in [3.63, 3.8) is 0 Å². The molecule has 2 aliphatic rings. The van der Waals surface area contributed by atoms with Crippen LogP contribution in [0, 0.1) is 0 Å². The molecule has 1 aromatic rings. The Hall–Kier alpha value is -2.06. The predicted molar refractivity (Wildman–Crippen MR) is 101 cm³/mol. The van der Waals surface area contributed by atoms with Crippen molar-refractivity contribution < 1.29 is 14.4 Å². The molecule has 4 N–H and O–H groups in total. The standard InChI is InChI=1S/C18H24N4O3S/c19-7-6-16(23)20-10-13-3-1-2-8-22(13)18(25)12-4-5-15-14(9-12)21-17(24)11-26-15/h4-5,9,13H,1-3,6-8,10-11,19H2,(H,20,23)(H,21,24). The molecule has 1 unspecified atom stereocenters. The molecule has 2 heterocycles. The van der Waals surface area contributed by atoms with Crippen molar-refractivity contribution in [2.24, 2.45) is 5.73 Å². The van der Waals surface area contributed by atoms with E-state index < -0.39 is 0 Å². The topological polar surface area (TPSA) is 105 Å². The maximum absolute atomic E-state index is 13.0. The molecule has 1 saturated heterocycles. The lowest BCUT2D eigenvalue weighted by atomic mass is 10.0. The summed E-state index contributed by atoms with van der Waals surface area (Å²) in [6.07, 6.45) is 3.16. The molecule has 8 heteroatoms. The first-order valence-corrected chi connectivity index (χ1v) is 9.91. The molecular weight excluding hydrogens is 352 g/mol. The number of thioether (sulfide) groups is 1. The van der Waals surface area contributed by atoms with Crippen molar-refractivity contribution in [3.05, 3.63) is 23.8 Å². The molecule has 3 rings (SSSR count). The van der Waals surface area contributed by atoms with Crippen molar-refractivity contribution in [2.75, 3.05) is 30.7 Å². The van der Waals surface area contributed by atoms with E-state index in [4.69, 9.17) is 5.73 Å². The Morgan fingerprint density at radius 2 is 2.19 bits per heavy atom. The van der Waals surface area contributed by atoms with Crippen LogP contribution in [-0.4, -0.2) is 54.1 Å². The number of nitrogens with one attached hydrogen (secondary N) is 2. The molecule has 2 aliphatic heterocycles. The smallest absolute Gasteiger partial charge is 0.254 e. The molecule has 0 radical (unpaired) electrons. The zero-order valence-corrected chi connectivity index (χ0v) is 15.4. The van der Waals surface area contributed by atoms with E-state index in [0.717, 1.165) is 24.2 Å². The molecule has 26 heavy (non-hydrogen) atoms. The van der Waals surface area contributed by atoms with Gasteiger partial charge in [0, 0.05) is 42.6 Å². The molecule has 0 saturated carbocycles. The second kappa shape index (κ2) is 8.55. The Labute approximate surface area is 157 Å². The lowest BCUT2D eigenvalue weighted by molar-refractivity contribution is -0.121. The highest BCUT2D eigenvalue weighted by atomic mass is 32.2. The van der Waals surface area contributed by atoms with E-state index in [0.29, 0.717) is 43.1 Å². The van der Waals surface area contributed by atoms with Gasteiger partial charge in [-0.25, -0.2) is 0 Å². The summed E-state index contributed by atoms with van der Waals surface area (Å²) in [7, 11) is 0. The Kier molecular flexibility index (Phi) is 6.16. The highest BCUT2D eigenvalue weighted by Gasteiger charge is 2.28. The van der Waals surface area contributed by atoms with Crippen molar-refractivity contribution >= 4 is 35.2 Å². The maximum Gasteiger partial charge on any atom is 0.254 e. The minimum atomic E-state index is -0.0843. The number of nitrogens with two attached hydrogens (primary N) is 1. The Morgan fingerprint density at radius 3 is 3.00 bits per heavy atom. The minimum absolute atomic E-state index is 0.0158. The van der Waals surface area contributed by atoms with E-state index in [9.17, 15) is 14.4 Å². The van der Waals surface area contributed by atoms with Crippen molar-refractivity contribution in [1.29, 1.82) is 0 Å². The molecule has 0 bridgehead atoms. The molecule has 1 atom stereocenters. The largest absolute Gasteiger partial charge is 0.354 e. The second-order valence-electron chi connectivity index (χ2n) is 6.54. The van der Waals surface area contributed by atoms with E-state index in [-0.39, 0.29) is 23.8 Å². The second-order valence-corrected chi connectivity index (χ2v) is 7.56. The quantitative estimate of drug-likeness (QED) is 0.716. The molecule has 0 spiro atoms. The van der Waals surface area contributed by atoms with Gasteiger partial charge in [-0.2, -0.15) is 0 Å². The lowest BCUT2D eigenvalue weighted by Gasteiger charge is -2.36. The van der Waals surface area contributed by atoms with Crippen LogP contribution in [0.25, 0.3) is 0 Å². The van der Waals surface area contributed by atoms with Crippen LogP contribution in [0.15, 0.2) is 23.1 Å². The van der Waals surface area contributed by atoms with Gasteiger partial charge >= 0.3 is 0 Å². The van der Waals surface area contributed by atoms with E-state index in [1.165, 1.54) is 11.8 Å². The fourth-order valence-corrected chi connectivity index (χ4v) is 4.10. The first-order chi connectivity index (χ1) is 12.6. The minimum Gasteiger partial charge on any atom is -0.354 e. The Morgan fingerprint density at radius 1 is 1.35 bits per heavy atom. The lowest BCUT2D eigenvalue weighted by Crippen LogP contribution is -2.49. The zero-order valence-electron chi connectivity index (χ0n) is 14.6. The molecule has 0 aliphatic carbocycles. The van der Waals surface area contributed by atoms with Gasteiger partial charge in [0.25, 0.3) is 5.91 Å². The van der Waals surface area contributed by atoms with E-state index in [1.54, 1.807) is 6.07 Å². The number of amides is 3. The van der Waals surface area contributed by atoms with Gasteiger partial charge in [-0.1, -0.05) is 0 Å².